The van der Waals surface area contributed by atoms with Gasteiger partial charge in [-0.2, -0.15) is 0 Å². The van der Waals surface area contributed by atoms with Crippen LogP contribution < -0.4 is 29.6 Å². The Morgan fingerprint density at radius 1 is 1.17 bits per heavy atom. The van der Waals surface area contributed by atoms with Crippen LogP contribution in [0, 0.1) is 28.6 Å². The van der Waals surface area contributed by atoms with Gasteiger partial charge in [0.2, 0.25) is 10.4 Å². The molecule has 0 aliphatic heterocycles. The summed E-state index contributed by atoms with van der Waals surface area (Å²) in [5, 5.41) is 11.2. The van der Waals surface area contributed by atoms with Crippen LogP contribution in [-0.4, -0.2) is 35.6 Å². The maximum absolute atomic E-state index is 12.3. The van der Waals surface area contributed by atoms with Crippen LogP contribution in [0.25, 0.3) is 0 Å². The number of carbonyl (C=O) groups is 1. The fourth-order valence-electron chi connectivity index (χ4n) is 7.47. The predicted molar refractivity (Wildman–Crippen MR) is 102 cm³/mol. The van der Waals surface area contributed by atoms with Crippen molar-refractivity contribution < 1.29 is 56.6 Å². The normalized spacial score (nSPS) is 46.6. The minimum atomic E-state index is -4.68. The third-order valence-corrected chi connectivity index (χ3v) is 9.55. The van der Waals surface area contributed by atoms with Gasteiger partial charge in [-0.15, -0.1) is 0 Å². The molecule has 0 spiro atoms. The fraction of sp³-hybridized carbons (Fsp3) is 0.857. The first kappa shape index (κ1) is 23.9. The molecule has 0 amide bonds. The third kappa shape index (κ3) is 3.62. The van der Waals surface area contributed by atoms with Crippen LogP contribution in [0.1, 0.15) is 72.1 Å². The number of hydrogen-bond donors (Lipinski definition) is 1. The summed E-state index contributed by atoms with van der Waals surface area (Å²) in [7, 11) is -4.68. The van der Waals surface area contributed by atoms with Crippen molar-refractivity contribution in [3.8, 4) is 0 Å². The number of carbonyl (C=O) groups excluding carboxylic acids is 1. The second-order valence-corrected chi connectivity index (χ2v) is 11.0. The maximum atomic E-state index is 12.3. The monoisotopic (exact) mass is 434 g/mol. The molecule has 0 saturated heterocycles. The van der Waals surface area contributed by atoms with Crippen LogP contribution in [0.3, 0.4) is 0 Å². The summed E-state index contributed by atoms with van der Waals surface area (Å²) in [6.45, 7) is 5.89. The molecule has 29 heavy (non-hydrogen) atoms. The smallest absolute Gasteiger partial charge is 0.726 e. The third-order valence-electron chi connectivity index (χ3n) is 9.05. The van der Waals surface area contributed by atoms with Crippen molar-refractivity contribution >= 4 is 16.2 Å². The second-order valence-electron chi connectivity index (χ2n) is 10.0. The molecule has 0 bridgehead atoms. The summed E-state index contributed by atoms with van der Waals surface area (Å²) in [6.07, 6.45) is 7.68. The summed E-state index contributed by atoms with van der Waals surface area (Å²) in [4.78, 5) is 12.3. The Kier molecular flexibility index (Phi) is 6.33. The Morgan fingerprint density at radius 3 is 2.45 bits per heavy atom. The molecule has 6 unspecified atom stereocenters. The summed E-state index contributed by atoms with van der Waals surface area (Å²) >= 11 is 0. The van der Waals surface area contributed by atoms with Crippen molar-refractivity contribution in [3.63, 3.8) is 0 Å². The standard InChI is InChI=1S/C21H32O6S.Na/c1-13(22)21(23)11-8-18-16-5-4-14-12-15(27-28(24,25)26)6-9-19(14,2)17(16)7-10-20(18,21)3;/h4,15-18,23H,5-12H2,1-3H3,(H,24,25,26);/q;+1/p-1/t15?,16?,17?,18?,19?,20?,21-;/m0./s1. The van der Waals surface area contributed by atoms with Gasteiger partial charge in [-0.05, 0) is 81.5 Å². The molecule has 6 nitrogen and oxygen atoms in total. The number of ketones is 1. The van der Waals surface area contributed by atoms with E-state index in [1.54, 1.807) is 0 Å². The van der Waals surface area contributed by atoms with Gasteiger partial charge in [-0.3, -0.25) is 8.98 Å². The maximum Gasteiger partial charge on any atom is 1.00 e. The van der Waals surface area contributed by atoms with Gasteiger partial charge in [-0.25, -0.2) is 8.42 Å². The van der Waals surface area contributed by atoms with E-state index in [-0.39, 0.29) is 46.2 Å². The van der Waals surface area contributed by atoms with Gasteiger partial charge in [0.05, 0.1) is 6.10 Å². The molecule has 0 aromatic rings. The van der Waals surface area contributed by atoms with E-state index in [1.807, 2.05) is 0 Å². The zero-order chi connectivity index (χ0) is 20.5. The fourth-order valence-corrected chi connectivity index (χ4v) is 7.97. The number of allylic oxidation sites excluding steroid dienone is 1. The molecule has 158 valence electrons. The Bertz CT molecular complexity index is 825. The Morgan fingerprint density at radius 2 is 1.83 bits per heavy atom. The van der Waals surface area contributed by atoms with E-state index in [0.29, 0.717) is 37.0 Å². The first-order chi connectivity index (χ1) is 12.9. The minimum Gasteiger partial charge on any atom is -0.726 e. The summed E-state index contributed by atoms with van der Waals surface area (Å²) in [5.74, 6) is 1.11. The molecule has 1 N–H and O–H groups in total. The molecule has 3 fully saturated rings. The largest absolute Gasteiger partial charge is 1.00 e. The zero-order valence-electron chi connectivity index (χ0n) is 17.9. The van der Waals surface area contributed by atoms with Crippen LogP contribution in [0.4, 0.5) is 0 Å². The molecular formula is C21H31NaO6S. The van der Waals surface area contributed by atoms with Crippen LogP contribution in [0.15, 0.2) is 11.6 Å². The van der Waals surface area contributed by atoms with Crippen LogP contribution in [0.5, 0.6) is 0 Å². The summed E-state index contributed by atoms with van der Waals surface area (Å²) in [5.41, 5.74) is -0.370. The van der Waals surface area contributed by atoms with E-state index in [9.17, 15) is 22.9 Å². The van der Waals surface area contributed by atoms with Gasteiger partial charge in [0.25, 0.3) is 0 Å². The van der Waals surface area contributed by atoms with Crippen molar-refractivity contribution in [1.29, 1.82) is 0 Å². The van der Waals surface area contributed by atoms with Gasteiger partial charge in [0, 0.05) is 5.41 Å². The van der Waals surface area contributed by atoms with Gasteiger partial charge in [0.15, 0.2) is 5.78 Å². The number of Topliss-reactive ketones (excluding diaryl/α,β-unsaturated/α-hetero) is 1. The molecule has 0 radical (unpaired) electrons. The number of aliphatic hydroxyl groups is 1. The molecule has 0 aromatic heterocycles. The van der Waals surface area contributed by atoms with Crippen molar-refractivity contribution in [2.24, 2.45) is 28.6 Å². The van der Waals surface area contributed by atoms with Crippen LogP contribution in [-0.2, 0) is 19.4 Å². The first-order valence-corrected chi connectivity index (χ1v) is 11.8. The minimum absolute atomic E-state index is 0. The average Bonchev–Trinajstić information content (AvgIpc) is 2.87. The van der Waals surface area contributed by atoms with Crippen molar-refractivity contribution in [3.05, 3.63) is 11.6 Å². The van der Waals surface area contributed by atoms with Gasteiger partial charge in [0.1, 0.15) is 5.60 Å². The van der Waals surface area contributed by atoms with E-state index in [4.69, 9.17) is 4.18 Å². The SMILES string of the molecule is CC(=O)[C@@]1(O)CCC2C3CC=C4CC(OS(=O)(=O)[O-])CCC4(C)C3CCC21C.[Na+]. The zero-order valence-corrected chi connectivity index (χ0v) is 20.8. The van der Waals surface area contributed by atoms with Crippen molar-refractivity contribution in [1.82, 2.24) is 0 Å². The van der Waals surface area contributed by atoms with Gasteiger partial charge < -0.3 is 9.66 Å². The summed E-state index contributed by atoms with van der Waals surface area (Å²) < 4.78 is 37.7. The molecule has 0 aromatic carbocycles. The van der Waals surface area contributed by atoms with E-state index >= 15 is 0 Å². The molecule has 4 rings (SSSR count). The second kappa shape index (κ2) is 7.68. The molecule has 0 heterocycles. The molecule has 4 aliphatic rings. The Labute approximate surface area is 196 Å². The van der Waals surface area contributed by atoms with E-state index in [2.05, 4.69) is 19.9 Å². The van der Waals surface area contributed by atoms with Crippen LogP contribution in [0.2, 0.25) is 0 Å². The number of rotatable bonds is 3. The average molecular weight is 435 g/mol. The van der Waals surface area contributed by atoms with Gasteiger partial charge in [-0.1, -0.05) is 25.5 Å². The quantitative estimate of drug-likeness (QED) is 0.293. The van der Waals surface area contributed by atoms with Crippen molar-refractivity contribution in [2.75, 3.05) is 0 Å². The topological polar surface area (TPSA) is 104 Å². The van der Waals surface area contributed by atoms with E-state index < -0.39 is 22.1 Å². The Hall–Kier alpha value is 0.240. The van der Waals surface area contributed by atoms with Crippen LogP contribution >= 0.6 is 0 Å². The summed E-state index contributed by atoms with van der Waals surface area (Å²) in [6, 6.07) is 0. The Balaban J connectivity index is 0.00000240. The molecule has 8 heteroatoms. The predicted octanol–water partition coefficient (Wildman–Crippen LogP) is 0.119. The molecule has 4 aliphatic carbocycles. The molecule has 3 saturated carbocycles. The molecular weight excluding hydrogens is 403 g/mol. The van der Waals surface area contributed by atoms with E-state index in [0.717, 1.165) is 32.1 Å². The molecule has 7 atom stereocenters. The number of fused-ring (bicyclic) bond motifs is 5. The van der Waals surface area contributed by atoms with E-state index in [1.165, 1.54) is 12.5 Å². The van der Waals surface area contributed by atoms with Gasteiger partial charge >= 0.3 is 29.6 Å². The number of hydrogen-bond acceptors (Lipinski definition) is 6. The van der Waals surface area contributed by atoms with Crippen molar-refractivity contribution in [2.45, 2.75) is 83.8 Å². The first-order valence-electron chi connectivity index (χ1n) is 10.5.